The molecule has 24 heavy (non-hydrogen) atoms. The van der Waals surface area contributed by atoms with Crippen LogP contribution in [0.2, 0.25) is 0 Å². The summed E-state index contributed by atoms with van der Waals surface area (Å²) in [4.78, 5) is 19.0. The van der Waals surface area contributed by atoms with Crippen molar-refractivity contribution in [3.63, 3.8) is 0 Å². The van der Waals surface area contributed by atoms with Gasteiger partial charge >= 0.3 is 6.03 Å². The number of nitrogens with one attached hydrogen (secondary N) is 1. The molecular formula is C20H25N3O. The molecule has 1 saturated heterocycles. The van der Waals surface area contributed by atoms with E-state index >= 15 is 0 Å². The zero-order valence-corrected chi connectivity index (χ0v) is 14.6. The van der Waals surface area contributed by atoms with Crippen LogP contribution in [0, 0.1) is 12.8 Å². The molecule has 4 heteroatoms. The number of aryl methyl sites for hydroxylation is 1. The molecule has 1 fully saturated rings. The van der Waals surface area contributed by atoms with Gasteiger partial charge in [-0.2, -0.15) is 0 Å². The molecule has 3 rings (SSSR count). The number of piperidine rings is 1. The number of amides is 2. The maximum atomic E-state index is 12.7. The summed E-state index contributed by atoms with van der Waals surface area (Å²) in [6.07, 6.45) is 4.05. The standard InChI is InChI=1S/C20H25N3O/c1-14-7-9-16(3)23(13-14)20(24)22-17-10-8-15(2)18(12-17)19-6-4-5-11-21-19/h4-6,8,10-12,14,16H,7,9,13H2,1-3H3,(H,22,24)/t14-,16+/m1/s1. The summed E-state index contributed by atoms with van der Waals surface area (Å²) in [6.45, 7) is 7.22. The lowest BCUT2D eigenvalue weighted by Gasteiger charge is -2.36. The van der Waals surface area contributed by atoms with E-state index in [2.05, 4.69) is 31.1 Å². The fourth-order valence-electron chi connectivity index (χ4n) is 3.26. The number of carbonyl (C=O) groups excluding carboxylic acids is 1. The molecule has 4 nitrogen and oxygen atoms in total. The van der Waals surface area contributed by atoms with Gasteiger partial charge in [0.1, 0.15) is 0 Å². The first-order valence-electron chi connectivity index (χ1n) is 8.64. The fourth-order valence-corrected chi connectivity index (χ4v) is 3.26. The number of pyridine rings is 1. The molecule has 0 bridgehead atoms. The molecule has 0 aliphatic carbocycles. The summed E-state index contributed by atoms with van der Waals surface area (Å²) in [5, 5.41) is 3.06. The van der Waals surface area contributed by atoms with Gasteiger partial charge < -0.3 is 10.2 Å². The van der Waals surface area contributed by atoms with E-state index in [4.69, 9.17) is 0 Å². The van der Waals surface area contributed by atoms with Crippen LogP contribution in [0.25, 0.3) is 11.3 Å². The van der Waals surface area contributed by atoms with Crippen molar-refractivity contribution < 1.29 is 4.79 Å². The van der Waals surface area contributed by atoms with Crippen molar-refractivity contribution in [3.8, 4) is 11.3 Å². The second-order valence-corrected chi connectivity index (χ2v) is 6.86. The highest BCUT2D eigenvalue weighted by molar-refractivity contribution is 5.90. The Morgan fingerprint density at radius 1 is 1.21 bits per heavy atom. The monoisotopic (exact) mass is 323 g/mol. The number of aromatic nitrogens is 1. The quantitative estimate of drug-likeness (QED) is 0.870. The van der Waals surface area contributed by atoms with Crippen molar-refractivity contribution in [2.75, 3.05) is 11.9 Å². The average molecular weight is 323 g/mol. The molecule has 2 atom stereocenters. The smallest absolute Gasteiger partial charge is 0.322 e. The van der Waals surface area contributed by atoms with E-state index < -0.39 is 0 Å². The zero-order valence-electron chi connectivity index (χ0n) is 14.6. The van der Waals surface area contributed by atoms with Gasteiger partial charge in [-0.3, -0.25) is 4.98 Å². The second kappa shape index (κ2) is 7.04. The van der Waals surface area contributed by atoms with Crippen LogP contribution >= 0.6 is 0 Å². The van der Waals surface area contributed by atoms with Crippen LogP contribution in [-0.2, 0) is 0 Å². The van der Waals surface area contributed by atoms with Gasteiger partial charge in [0.05, 0.1) is 5.69 Å². The topological polar surface area (TPSA) is 45.2 Å². The van der Waals surface area contributed by atoms with Crippen molar-refractivity contribution in [1.82, 2.24) is 9.88 Å². The highest BCUT2D eigenvalue weighted by Gasteiger charge is 2.26. The number of benzene rings is 1. The summed E-state index contributed by atoms with van der Waals surface area (Å²) < 4.78 is 0. The van der Waals surface area contributed by atoms with E-state index in [0.29, 0.717) is 12.0 Å². The van der Waals surface area contributed by atoms with Crippen molar-refractivity contribution in [1.29, 1.82) is 0 Å². The van der Waals surface area contributed by atoms with Gasteiger partial charge in [0.2, 0.25) is 0 Å². The minimum absolute atomic E-state index is 0.00938. The van der Waals surface area contributed by atoms with Crippen LogP contribution < -0.4 is 5.32 Å². The van der Waals surface area contributed by atoms with E-state index in [-0.39, 0.29) is 6.03 Å². The molecule has 1 aromatic carbocycles. The highest BCUT2D eigenvalue weighted by Crippen LogP contribution is 2.26. The molecule has 2 aromatic rings. The number of hydrogen-bond acceptors (Lipinski definition) is 2. The largest absolute Gasteiger partial charge is 0.322 e. The Kier molecular flexibility index (Phi) is 4.84. The number of rotatable bonds is 2. The molecule has 0 radical (unpaired) electrons. The number of anilines is 1. The molecule has 1 aliphatic rings. The summed E-state index contributed by atoms with van der Waals surface area (Å²) in [5.74, 6) is 0.564. The van der Waals surface area contributed by atoms with Crippen molar-refractivity contribution >= 4 is 11.7 Å². The van der Waals surface area contributed by atoms with Crippen LogP contribution in [0.5, 0.6) is 0 Å². The van der Waals surface area contributed by atoms with Crippen LogP contribution in [-0.4, -0.2) is 28.5 Å². The summed E-state index contributed by atoms with van der Waals surface area (Å²) in [7, 11) is 0. The molecule has 1 aromatic heterocycles. The zero-order chi connectivity index (χ0) is 17.1. The van der Waals surface area contributed by atoms with Gasteiger partial charge in [-0.05, 0) is 62.4 Å². The second-order valence-electron chi connectivity index (χ2n) is 6.86. The Morgan fingerprint density at radius 2 is 2.04 bits per heavy atom. The van der Waals surface area contributed by atoms with E-state index in [0.717, 1.165) is 35.5 Å². The molecule has 1 aliphatic heterocycles. The third-order valence-corrected chi connectivity index (χ3v) is 4.81. The van der Waals surface area contributed by atoms with Gasteiger partial charge in [-0.15, -0.1) is 0 Å². The number of urea groups is 1. The molecule has 126 valence electrons. The highest BCUT2D eigenvalue weighted by atomic mass is 16.2. The first-order chi connectivity index (χ1) is 11.5. The maximum Gasteiger partial charge on any atom is 0.322 e. The molecule has 1 N–H and O–H groups in total. The summed E-state index contributed by atoms with van der Waals surface area (Å²) >= 11 is 0. The first kappa shape index (κ1) is 16.5. The SMILES string of the molecule is Cc1ccc(NC(=O)N2C[C@H](C)CC[C@@H]2C)cc1-c1ccccn1. The molecular weight excluding hydrogens is 298 g/mol. The molecule has 2 amide bonds. The van der Waals surface area contributed by atoms with Crippen LogP contribution in [0.4, 0.5) is 10.5 Å². The van der Waals surface area contributed by atoms with Gasteiger partial charge in [0.15, 0.2) is 0 Å². The Balaban J connectivity index is 1.79. The number of likely N-dealkylation sites (tertiary alicyclic amines) is 1. The van der Waals surface area contributed by atoms with E-state index in [1.165, 1.54) is 6.42 Å². The Labute approximate surface area is 143 Å². The summed E-state index contributed by atoms with van der Waals surface area (Å²) in [6, 6.07) is 12.1. The van der Waals surface area contributed by atoms with E-state index in [1.807, 2.05) is 41.3 Å². The lowest BCUT2D eigenvalue weighted by molar-refractivity contribution is 0.147. The summed E-state index contributed by atoms with van der Waals surface area (Å²) in [5.41, 5.74) is 3.93. The molecule has 0 unspecified atom stereocenters. The predicted octanol–water partition coefficient (Wildman–Crippen LogP) is 4.71. The van der Waals surface area contributed by atoms with E-state index in [9.17, 15) is 4.79 Å². The Morgan fingerprint density at radius 3 is 2.79 bits per heavy atom. The van der Waals surface area contributed by atoms with Crippen LogP contribution in [0.3, 0.4) is 0 Å². The van der Waals surface area contributed by atoms with Crippen molar-refractivity contribution in [2.24, 2.45) is 5.92 Å². The average Bonchev–Trinajstić information content (AvgIpc) is 2.59. The maximum absolute atomic E-state index is 12.7. The Bertz CT molecular complexity index is 714. The Hall–Kier alpha value is -2.36. The van der Waals surface area contributed by atoms with Crippen molar-refractivity contribution in [2.45, 2.75) is 39.7 Å². The van der Waals surface area contributed by atoms with Crippen LogP contribution in [0.15, 0.2) is 42.6 Å². The van der Waals surface area contributed by atoms with Crippen LogP contribution in [0.1, 0.15) is 32.3 Å². The molecule has 0 spiro atoms. The minimum atomic E-state index is -0.00938. The lowest BCUT2D eigenvalue weighted by Crippen LogP contribution is -2.46. The fraction of sp³-hybridized carbons (Fsp3) is 0.400. The third-order valence-electron chi connectivity index (χ3n) is 4.81. The van der Waals surface area contributed by atoms with Gasteiger partial charge in [0.25, 0.3) is 0 Å². The number of hydrogen-bond donors (Lipinski definition) is 1. The van der Waals surface area contributed by atoms with E-state index in [1.54, 1.807) is 6.20 Å². The number of carbonyl (C=O) groups is 1. The predicted molar refractivity (Wildman–Crippen MR) is 98.0 cm³/mol. The minimum Gasteiger partial charge on any atom is -0.322 e. The number of nitrogens with zero attached hydrogens (tertiary/aromatic N) is 2. The molecule has 2 heterocycles. The normalized spacial score (nSPS) is 20.7. The lowest BCUT2D eigenvalue weighted by atomic mass is 9.95. The van der Waals surface area contributed by atoms with Gasteiger partial charge in [-0.25, -0.2) is 4.79 Å². The van der Waals surface area contributed by atoms with Gasteiger partial charge in [-0.1, -0.05) is 19.1 Å². The van der Waals surface area contributed by atoms with Gasteiger partial charge in [0, 0.05) is 30.0 Å². The molecule has 0 saturated carbocycles. The third kappa shape index (κ3) is 3.58. The van der Waals surface area contributed by atoms with Crippen molar-refractivity contribution in [3.05, 3.63) is 48.2 Å². The first-order valence-corrected chi connectivity index (χ1v) is 8.64.